The highest BCUT2D eigenvalue weighted by molar-refractivity contribution is 6.01. The average molecular weight is 269 g/mol. The van der Waals surface area contributed by atoms with Crippen molar-refractivity contribution in [3.63, 3.8) is 0 Å². The van der Waals surface area contributed by atoms with Gasteiger partial charge in [-0.25, -0.2) is 13.6 Å². The molecule has 1 saturated heterocycles. The Balaban J connectivity index is 2.44. The van der Waals surface area contributed by atoms with Crippen LogP contribution in [0.25, 0.3) is 0 Å². The summed E-state index contributed by atoms with van der Waals surface area (Å²) in [5.41, 5.74) is -0.926. The Morgan fingerprint density at radius 2 is 1.95 bits per heavy atom. The Hall–Kier alpha value is -2.31. The number of carbonyl (C=O) groups excluding carboxylic acids is 2. The molecule has 1 aliphatic rings. The van der Waals surface area contributed by atoms with Crippen molar-refractivity contribution in [3.05, 3.63) is 34.9 Å². The molecule has 1 fully saturated rings. The van der Waals surface area contributed by atoms with Gasteiger partial charge < -0.3 is 5.11 Å². The summed E-state index contributed by atoms with van der Waals surface area (Å²) in [4.78, 5) is 33.4. The van der Waals surface area contributed by atoms with Crippen molar-refractivity contribution < 1.29 is 28.3 Å². The third-order valence-corrected chi connectivity index (χ3v) is 2.93. The first-order valence-corrected chi connectivity index (χ1v) is 5.46. The van der Waals surface area contributed by atoms with E-state index in [1.807, 2.05) is 5.32 Å². The molecule has 100 valence electrons. The van der Waals surface area contributed by atoms with E-state index in [2.05, 4.69) is 0 Å². The number of imide groups is 1. The predicted molar refractivity (Wildman–Crippen MR) is 58.4 cm³/mol. The van der Waals surface area contributed by atoms with Gasteiger partial charge in [0.1, 0.15) is 11.6 Å². The molecule has 0 radical (unpaired) electrons. The summed E-state index contributed by atoms with van der Waals surface area (Å²) >= 11 is 0. The standard InChI is InChI=1S/C12H9F2NO4/c13-8-4-9(14)7(12(18)19)3-6(8)5-1-2-10(16)15-11(5)17/h3-5H,1-2H2,(H,18,19)(H,15,16,17). The molecule has 1 heterocycles. The summed E-state index contributed by atoms with van der Waals surface area (Å²) in [6.45, 7) is 0. The molecule has 1 unspecified atom stereocenters. The fourth-order valence-electron chi connectivity index (χ4n) is 1.99. The molecule has 1 aliphatic heterocycles. The lowest BCUT2D eigenvalue weighted by atomic mass is 9.89. The number of nitrogens with one attached hydrogen (secondary N) is 1. The molecule has 0 saturated carbocycles. The predicted octanol–water partition coefficient (Wildman–Crippen LogP) is 1.18. The van der Waals surface area contributed by atoms with Gasteiger partial charge in [0.05, 0.1) is 11.5 Å². The fraction of sp³-hybridized carbons (Fsp3) is 0.250. The number of rotatable bonds is 2. The molecule has 0 aromatic heterocycles. The summed E-state index contributed by atoms with van der Waals surface area (Å²) in [5.74, 6) is -5.93. The second-order valence-electron chi connectivity index (χ2n) is 4.16. The number of piperidine rings is 1. The fourth-order valence-corrected chi connectivity index (χ4v) is 1.99. The number of carboxylic acids is 1. The number of aromatic carboxylic acids is 1. The maximum atomic E-state index is 13.7. The van der Waals surface area contributed by atoms with E-state index in [1.165, 1.54) is 0 Å². The average Bonchev–Trinajstić information content (AvgIpc) is 2.30. The minimum absolute atomic E-state index is 0.0234. The van der Waals surface area contributed by atoms with Gasteiger partial charge in [-0.1, -0.05) is 0 Å². The molecule has 2 N–H and O–H groups in total. The van der Waals surface area contributed by atoms with Crippen molar-refractivity contribution in [1.82, 2.24) is 5.32 Å². The van der Waals surface area contributed by atoms with Crippen molar-refractivity contribution in [1.29, 1.82) is 0 Å². The number of amides is 2. The van der Waals surface area contributed by atoms with Gasteiger partial charge in [0.25, 0.3) is 0 Å². The van der Waals surface area contributed by atoms with E-state index in [-0.39, 0.29) is 18.4 Å². The number of halogens is 2. The van der Waals surface area contributed by atoms with Crippen LogP contribution in [0.15, 0.2) is 12.1 Å². The zero-order valence-electron chi connectivity index (χ0n) is 9.57. The van der Waals surface area contributed by atoms with Gasteiger partial charge in [-0.15, -0.1) is 0 Å². The van der Waals surface area contributed by atoms with E-state index in [0.29, 0.717) is 6.07 Å². The van der Waals surface area contributed by atoms with Crippen molar-refractivity contribution >= 4 is 17.8 Å². The van der Waals surface area contributed by atoms with Crippen molar-refractivity contribution in [2.75, 3.05) is 0 Å². The first-order chi connectivity index (χ1) is 8.90. The van der Waals surface area contributed by atoms with Crippen LogP contribution in [-0.2, 0) is 9.59 Å². The van der Waals surface area contributed by atoms with Gasteiger partial charge in [-0.05, 0) is 12.5 Å². The van der Waals surface area contributed by atoms with Crippen LogP contribution in [0.3, 0.4) is 0 Å². The molecule has 1 atom stereocenters. The number of hydrogen-bond acceptors (Lipinski definition) is 3. The number of benzene rings is 1. The summed E-state index contributed by atoms with van der Waals surface area (Å²) in [5, 5.41) is 10.8. The Labute approximate surface area is 106 Å². The van der Waals surface area contributed by atoms with Crippen LogP contribution in [0.2, 0.25) is 0 Å². The van der Waals surface area contributed by atoms with Crippen molar-refractivity contribution in [2.45, 2.75) is 18.8 Å². The van der Waals surface area contributed by atoms with Crippen LogP contribution >= 0.6 is 0 Å². The lowest BCUT2D eigenvalue weighted by Crippen LogP contribution is -2.39. The van der Waals surface area contributed by atoms with Crippen molar-refractivity contribution in [2.24, 2.45) is 0 Å². The second kappa shape index (κ2) is 4.75. The first kappa shape index (κ1) is 13.1. The lowest BCUT2D eigenvalue weighted by Gasteiger charge is -2.21. The Kier molecular flexibility index (Phi) is 3.28. The minimum atomic E-state index is -1.55. The molecular weight excluding hydrogens is 260 g/mol. The van der Waals surface area contributed by atoms with Crippen LogP contribution < -0.4 is 5.32 Å². The smallest absolute Gasteiger partial charge is 0.338 e. The van der Waals surface area contributed by atoms with E-state index < -0.39 is 40.9 Å². The molecule has 0 spiro atoms. The lowest BCUT2D eigenvalue weighted by molar-refractivity contribution is -0.134. The largest absolute Gasteiger partial charge is 0.478 e. The summed E-state index contributed by atoms with van der Waals surface area (Å²) in [6, 6.07) is 1.23. The molecule has 2 rings (SSSR count). The highest BCUT2D eigenvalue weighted by Crippen LogP contribution is 2.28. The minimum Gasteiger partial charge on any atom is -0.478 e. The molecular formula is C12H9F2NO4. The molecule has 5 nitrogen and oxygen atoms in total. The van der Waals surface area contributed by atoms with E-state index in [0.717, 1.165) is 6.07 Å². The van der Waals surface area contributed by atoms with E-state index in [4.69, 9.17) is 5.11 Å². The van der Waals surface area contributed by atoms with E-state index in [1.54, 1.807) is 0 Å². The summed E-state index contributed by atoms with van der Waals surface area (Å²) < 4.78 is 26.9. The third kappa shape index (κ3) is 2.44. The zero-order valence-corrected chi connectivity index (χ0v) is 9.57. The van der Waals surface area contributed by atoms with Gasteiger partial charge >= 0.3 is 5.97 Å². The van der Waals surface area contributed by atoms with Gasteiger partial charge in [0.15, 0.2) is 0 Å². The number of carboxylic acid groups (broad SMARTS) is 1. The van der Waals surface area contributed by atoms with Gasteiger partial charge in [-0.2, -0.15) is 0 Å². The van der Waals surface area contributed by atoms with Crippen LogP contribution in [0.1, 0.15) is 34.7 Å². The molecule has 7 heteroatoms. The highest BCUT2D eigenvalue weighted by atomic mass is 19.1. The second-order valence-corrected chi connectivity index (χ2v) is 4.16. The summed E-state index contributed by atoms with van der Waals surface area (Å²) in [6.07, 6.45) is 0.0852. The topological polar surface area (TPSA) is 83.5 Å². The highest BCUT2D eigenvalue weighted by Gasteiger charge is 2.31. The van der Waals surface area contributed by atoms with Crippen LogP contribution in [0.5, 0.6) is 0 Å². The molecule has 19 heavy (non-hydrogen) atoms. The van der Waals surface area contributed by atoms with E-state index in [9.17, 15) is 23.2 Å². The van der Waals surface area contributed by atoms with E-state index >= 15 is 0 Å². The first-order valence-electron chi connectivity index (χ1n) is 5.46. The quantitative estimate of drug-likeness (QED) is 0.790. The monoisotopic (exact) mass is 269 g/mol. The SMILES string of the molecule is O=C1CCC(c2cc(C(=O)O)c(F)cc2F)C(=O)N1. The molecule has 2 amide bonds. The normalized spacial score (nSPS) is 19.2. The van der Waals surface area contributed by atoms with Gasteiger partial charge in [0.2, 0.25) is 11.8 Å². The molecule has 1 aromatic rings. The maximum absolute atomic E-state index is 13.7. The Morgan fingerprint density at radius 3 is 2.53 bits per heavy atom. The van der Waals surface area contributed by atoms with Crippen LogP contribution in [0.4, 0.5) is 8.78 Å². The van der Waals surface area contributed by atoms with Crippen LogP contribution in [0, 0.1) is 11.6 Å². The van der Waals surface area contributed by atoms with Gasteiger partial charge in [-0.3, -0.25) is 14.9 Å². The van der Waals surface area contributed by atoms with Crippen molar-refractivity contribution in [3.8, 4) is 0 Å². The molecule has 0 bridgehead atoms. The number of carbonyl (C=O) groups is 3. The van der Waals surface area contributed by atoms with Crippen LogP contribution in [-0.4, -0.2) is 22.9 Å². The zero-order chi connectivity index (χ0) is 14.2. The molecule has 0 aliphatic carbocycles. The third-order valence-electron chi connectivity index (χ3n) is 2.93. The maximum Gasteiger partial charge on any atom is 0.338 e. The molecule has 1 aromatic carbocycles. The Morgan fingerprint density at radius 1 is 1.26 bits per heavy atom. The van der Waals surface area contributed by atoms with Gasteiger partial charge in [0, 0.05) is 18.1 Å². The summed E-state index contributed by atoms with van der Waals surface area (Å²) in [7, 11) is 0. The Bertz CT molecular complexity index is 585. The number of hydrogen-bond donors (Lipinski definition) is 2.